The zero-order valence-electron chi connectivity index (χ0n) is 12.1. The van der Waals surface area contributed by atoms with Crippen LogP contribution < -0.4 is 10.9 Å². The molecule has 3 aromatic rings. The Morgan fingerprint density at radius 1 is 1.09 bits per heavy atom. The van der Waals surface area contributed by atoms with Gasteiger partial charge in [0.1, 0.15) is 0 Å². The van der Waals surface area contributed by atoms with Gasteiger partial charge in [0.2, 0.25) is 0 Å². The largest absolute Gasteiger partial charge is 0.329 e. The summed E-state index contributed by atoms with van der Waals surface area (Å²) in [6, 6.07) is 10.1. The van der Waals surface area contributed by atoms with Gasteiger partial charge in [0.25, 0.3) is 11.5 Å². The van der Waals surface area contributed by atoms with Crippen molar-refractivity contribution >= 4 is 45.6 Å². The van der Waals surface area contributed by atoms with Crippen LogP contribution in [0.1, 0.15) is 15.9 Å². The Morgan fingerprint density at radius 2 is 1.87 bits per heavy atom. The smallest absolute Gasteiger partial charge is 0.257 e. The van der Waals surface area contributed by atoms with Crippen molar-refractivity contribution in [1.29, 1.82) is 0 Å². The number of aromatic amines is 1. The van der Waals surface area contributed by atoms with Crippen LogP contribution in [0.4, 0.5) is 5.69 Å². The molecule has 116 valence electrons. The van der Waals surface area contributed by atoms with Gasteiger partial charge in [0, 0.05) is 11.6 Å². The summed E-state index contributed by atoms with van der Waals surface area (Å²) in [4.78, 5) is 26.8. The van der Waals surface area contributed by atoms with Crippen molar-refractivity contribution in [3.63, 3.8) is 0 Å². The lowest BCUT2D eigenvalue weighted by Crippen LogP contribution is -2.13. The minimum Gasteiger partial charge on any atom is -0.329 e. The first-order chi connectivity index (χ1) is 11.0. The average molecular weight is 347 g/mol. The second-order valence-corrected chi connectivity index (χ2v) is 5.98. The summed E-state index contributed by atoms with van der Waals surface area (Å²) in [7, 11) is 0. The van der Waals surface area contributed by atoms with Crippen molar-refractivity contribution in [1.82, 2.24) is 4.98 Å². The fraction of sp³-hybridized carbons (Fsp3) is 0.0588. The number of nitrogens with one attached hydrogen (secondary N) is 2. The first kappa shape index (κ1) is 15.6. The SMILES string of the molecule is Cc1ccc(Cl)c(C(=O)Nc2cc3cc[nH]c(=O)c3cc2Cl)c1. The van der Waals surface area contributed by atoms with Crippen molar-refractivity contribution < 1.29 is 4.79 Å². The number of halogens is 2. The average Bonchev–Trinajstić information content (AvgIpc) is 2.51. The highest BCUT2D eigenvalue weighted by atomic mass is 35.5. The van der Waals surface area contributed by atoms with Gasteiger partial charge >= 0.3 is 0 Å². The number of pyridine rings is 1. The van der Waals surface area contributed by atoms with Gasteiger partial charge in [-0.3, -0.25) is 9.59 Å². The van der Waals surface area contributed by atoms with Gasteiger partial charge in [0.05, 0.1) is 21.3 Å². The van der Waals surface area contributed by atoms with Crippen LogP contribution in [-0.2, 0) is 0 Å². The molecule has 0 bridgehead atoms. The topological polar surface area (TPSA) is 62.0 Å². The Bertz CT molecular complexity index is 980. The minimum absolute atomic E-state index is 0.232. The van der Waals surface area contributed by atoms with Gasteiger partial charge in [-0.15, -0.1) is 0 Å². The van der Waals surface area contributed by atoms with E-state index in [2.05, 4.69) is 10.3 Å². The maximum Gasteiger partial charge on any atom is 0.257 e. The van der Waals surface area contributed by atoms with Crippen LogP contribution in [0, 0.1) is 6.92 Å². The van der Waals surface area contributed by atoms with Crippen LogP contribution in [0.3, 0.4) is 0 Å². The fourth-order valence-electron chi connectivity index (χ4n) is 2.31. The molecule has 2 aromatic carbocycles. The molecule has 0 aliphatic rings. The maximum absolute atomic E-state index is 12.4. The van der Waals surface area contributed by atoms with E-state index in [9.17, 15) is 9.59 Å². The van der Waals surface area contributed by atoms with E-state index in [0.717, 1.165) is 5.56 Å². The number of anilines is 1. The summed E-state index contributed by atoms with van der Waals surface area (Å²) < 4.78 is 0. The van der Waals surface area contributed by atoms with Crippen molar-refractivity contribution in [2.75, 3.05) is 5.32 Å². The second-order valence-electron chi connectivity index (χ2n) is 5.16. The van der Waals surface area contributed by atoms with E-state index >= 15 is 0 Å². The zero-order chi connectivity index (χ0) is 16.6. The number of carbonyl (C=O) groups is 1. The molecule has 0 fully saturated rings. The van der Waals surface area contributed by atoms with E-state index in [-0.39, 0.29) is 16.5 Å². The number of H-pyrrole nitrogens is 1. The van der Waals surface area contributed by atoms with Crippen LogP contribution in [0.25, 0.3) is 10.8 Å². The first-order valence-corrected chi connectivity index (χ1v) is 7.60. The second kappa shape index (κ2) is 6.07. The Labute approximate surface area is 142 Å². The minimum atomic E-state index is -0.357. The van der Waals surface area contributed by atoms with Gasteiger partial charge in [-0.1, -0.05) is 34.8 Å². The lowest BCUT2D eigenvalue weighted by atomic mass is 10.1. The van der Waals surface area contributed by atoms with Gasteiger partial charge in [-0.05, 0) is 42.6 Å². The molecule has 0 unspecified atom stereocenters. The number of amides is 1. The monoisotopic (exact) mass is 346 g/mol. The molecule has 1 amide bonds. The molecular formula is C17H12Cl2N2O2. The molecule has 0 radical (unpaired) electrons. The van der Waals surface area contributed by atoms with E-state index in [0.29, 0.717) is 27.0 Å². The summed E-state index contributed by atoms with van der Waals surface area (Å²) in [6.45, 7) is 1.88. The number of fused-ring (bicyclic) bond motifs is 1. The Kier molecular flexibility index (Phi) is 4.11. The molecule has 0 saturated heterocycles. The standard InChI is InChI=1S/C17H12Cl2N2O2/c1-9-2-3-13(18)12(6-9)17(23)21-15-7-10-4-5-20-16(22)11(10)8-14(15)19/h2-8H,1H3,(H,20,22)(H,21,23). The van der Waals surface area contributed by atoms with Crippen molar-refractivity contribution in [3.8, 4) is 0 Å². The third-order valence-corrected chi connectivity index (χ3v) is 4.12. The summed E-state index contributed by atoms with van der Waals surface area (Å²) in [6.07, 6.45) is 1.54. The number of benzene rings is 2. The Hall–Kier alpha value is -2.30. The molecule has 4 nitrogen and oxygen atoms in total. The predicted molar refractivity (Wildman–Crippen MR) is 93.7 cm³/mol. The van der Waals surface area contributed by atoms with Crippen molar-refractivity contribution in [3.05, 3.63) is 74.1 Å². The zero-order valence-corrected chi connectivity index (χ0v) is 13.6. The number of aryl methyl sites for hydroxylation is 1. The van der Waals surface area contributed by atoms with E-state index < -0.39 is 0 Å². The third kappa shape index (κ3) is 3.09. The number of carbonyl (C=O) groups excluding carboxylic acids is 1. The molecule has 0 aliphatic carbocycles. The number of hydrogen-bond donors (Lipinski definition) is 2. The van der Waals surface area contributed by atoms with E-state index in [1.165, 1.54) is 6.07 Å². The first-order valence-electron chi connectivity index (χ1n) is 6.84. The Morgan fingerprint density at radius 3 is 2.65 bits per heavy atom. The highest BCUT2D eigenvalue weighted by Gasteiger charge is 2.13. The summed E-state index contributed by atoms with van der Waals surface area (Å²) in [5.74, 6) is -0.357. The van der Waals surface area contributed by atoms with Crippen molar-refractivity contribution in [2.45, 2.75) is 6.92 Å². The Balaban J connectivity index is 2.01. The molecular weight excluding hydrogens is 335 g/mol. The highest BCUT2D eigenvalue weighted by molar-refractivity contribution is 6.36. The lowest BCUT2D eigenvalue weighted by Gasteiger charge is -2.10. The van der Waals surface area contributed by atoms with Crippen molar-refractivity contribution in [2.24, 2.45) is 0 Å². The normalized spacial score (nSPS) is 10.7. The molecule has 0 aliphatic heterocycles. The quantitative estimate of drug-likeness (QED) is 0.722. The molecule has 1 aromatic heterocycles. The predicted octanol–water partition coefficient (Wildman–Crippen LogP) is 4.40. The lowest BCUT2D eigenvalue weighted by molar-refractivity contribution is 0.102. The van der Waals surface area contributed by atoms with Crippen LogP contribution in [0.2, 0.25) is 10.0 Å². The highest BCUT2D eigenvalue weighted by Crippen LogP contribution is 2.27. The van der Waals surface area contributed by atoms with E-state index in [4.69, 9.17) is 23.2 Å². The van der Waals surface area contributed by atoms with E-state index in [1.54, 1.807) is 30.5 Å². The number of hydrogen-bond acceptors (Lipinski definition) is 2. The van der Waals surface area contributed by atoms with Gasteiger partial charge in [-0.25, -0.2) is 0 Å². The van der Waals surface area contributed by atoms with Gasteiger partial charge < -0.3 is 10.3 Å². The molecule has 0 spiro atoms. The third-order valence-electron chi connectivity index (χ3n) is 3.48. The van der Waals surface area contributed by atoms with Crippen LogP contribution in [-0.4, -0.2) is 10.9 Å². The molecule has 0 saturated carbocycles. The van der Waals surface area contributed by atoms with Crippen LogP contribution in [0.15, 0.2) is 47.4 Å². The summed E-state index contributed by atoms with van der Waals surface area (Å²) in [5, 5.41) is 4.53. The molecule has 3 rings (SSSR count). The summed E-state index contributed by atoms with van der Waals surface area (Å²) in [5.41, 5.74) is 1.49. The number of aromatic nitrogens is 1. The molecule has 0 atom stereocenters. The summed E-state index contributed by atoms with van der Waals surface area (Å²) >= 11 is 12.3. The van der Waals surface area contributed by atoms with Crippen LogP contribution >= 0.6 is 23.2 Å². The maximum atomic E-state index is 12.4. The van der Waals surface area contributed by atoms with Crippen LogP contribution in [0.5, 0.6) is 0 Å². The molecule has 2 N–H and O–H groups in total. The molecule has 1 heterocycles. The van der Waals surface area contributed by atoms with Gasteiger partial charge in [-0.2, -0.15) is 0 Å². The fourth-order valence-corrected chi connectivity index (χ4v) is 2.72. The molecule has 23 heavy (non-hydrogen) atoms. The van der Waals surface area contributed by atoms with E-state index in [1.807, 2.05) is 13.0 Å². The molecule has 6 heteroatoms. The van der Waals surface area contributed by atoms with Gasteiger partial charge in [0.15, 0.2) is 0 Å². The number of rotatable bonds is 2.